The van der Waals surface area contributed by atoms with Crippen molar-refractivity contribution in [3.05, 3.63) is 0 Å². The van der Waals surface area contributed by atoms with Gasteiger partial charge in [-0.1, -0.05) is 33.6 Å². The van der Waals surface area contributed by atoms with Crippen LogP contribution < -0.4 is 5.32 Å². The summed E-state index contributed by atoms with van der Waals surface area (Å²) in [5.41, 5.74) is 0.282. The molecule has 2 aliphatic rings. The average Bonchev–Trinajstić information content (AvgIpc) is 3.18. The van der Waals surface area contributed by atoms with Gasteiger partial charge in [-0.25, -0.2) is 4.79 Å². The summed E-state index contributed by atoms with van der Waals surface area (Å²) in [6.07, 6.45) is 9.52. The maximum Gasteiger partial charge on any atom is 0.407 e. The molecule has 1 N–H and O–H groups in total. The van der Waals surface area contributed by atoms with Crippen LogP contribution in [0.2, 0.25) is 0 Å². The third kappa shape index (κ3) is 4.39. The largest absolute Gasteiger partial charge is 0.449 e. The van der Waals surface area contributed by atoms with Gasteiger partial charge in [-0.15, -0.1) is 0 Å². The fourth-order valence-electron chi connectivity index (χ4n) is 3.50. The number of carbonyl (C=O) groups excluding carboxylic acids is 1. The lowest BCUT2D eigenvalue weighted by atomic mass is 9.76. The number of nitrogens with one attached hydrogen (secondary N) is 1. The van der Waals surface area contributed by atoms with E-state index in [-0.39, 0.29) is 11.5 Å². The number of hydrogen-bond acceptors (Lipinski definition) is 2. The Labute approximate surface area is 123 Å². The number of carbonyl (C=O) groups is 1. The molecule has 0 radical (unpaired) electrons. The fraction of sp³-hybridized carbons (Fsp3) is 0.941. The Kier molecular flexibility index (Phi) is 5.34. The first-order valence-corrected chi connectivity index (χ1v) is 8.49. The molecule has 2 rings (SSSR count). The van der Waals surface area contributed by atoms with Crippen LogP contribution in [0.1, 0.15) is 72.1 Å². The Morgan fingerprint density at radius 2 is 1.80 bits per heavy atom. The molecular formula is C17H31NO2. The second-order valence-corrected chi connectivity index (χ2v) is 7.22. The highest BCUT2D eigenvalue weighted by molar-refractivity contribution is 5.67. The van der Waals surface area contributed by atoms with Crippen LogP contribution in [0.3, 0.4) is 0 Å². The van der Waals surface area contributed by atoms with Gasteiger partial charge in [-0.2, -0.15) is 0 Å². The van der Waals surface area contributed by atoms with Crippen molar-refractivity contribution in [2.75, 3.05) is 6.61 Å². The van der Waals surface area contributed by atoms with Crippen molar-refractivity contribution < 1.29 is 9.53 Å². The fourth-order valence-corrected chi connectivity index (χ4v) is 3.50. The van der Waals surface area contributed by atoms with Crippen molar-refractivity contribution in [2.45, 2.75) is 78.2 Å². The van der Waals surface area contributed by atoms with E-state index in [9.17, 15) is 4.79 Å². The van der Waals surface area contributed by atoms with Crippen molar-refractivity contribution in [1.29, 1.82) is 0 Å². The average molecular weight is 281 g/mol. The van der Waals surface area contributed by atoms with E-state index in [2.05, 4.69) is 26.1 Å². The molecule has 3 nitrogen and oxygen atoms in total. The molecule has 0 aromatic carbocycles. The van der Waals surface area contributed by atoms with Crippen LogP contribution in [0.15, 0.2) is 0 Å². The number of rotatable bonds is 6. The van der Waals surface area contributed by atoms with E-state index < -0.39 is 0 Å². The minimum Gasteiger partial charge on any atom is -0.449 e. The van der Waals surface area contributed by atoms with Gasteiger partial charge in [0.25, 0.3) is 0 Å². The normalized spacial score (nSPS) is 28.2. The predicted octanol–water partition coefficient (Wildman–Crippen LogP) is 4.51. The van der Waals surface area contributed by atoms with Gasteiger partial charge in [0.15, 0.2) is 0 Å². The highest BCUT2D eigenvalue weighted by Crippen LogP contribution is 2.45. The third-order valence-electron chi connectivity index (χ3n) is 5.46. The van der Waals surface area contributed by atoms with E-state index in [1.165, 1.54) is 38.5 Å². The molecule has 0 aliphatic heterocycles. The molecule has 116 valence electrons. The summed E-state index contributed by atoms with van der Waals surface area (Å²) in [6, 6.07) is 0.333. The van der Waals surface area contributed by atoms with Crippen molar-refractivity contribution in [2.24, 2.45) is 17.3 Å². The van der Waals surface area contributed by atoms with Crippen molar-refractivity contribution in [1.82, 2.24) is 5.32 Å². The zero-order chi connectivity index (χ0) is 14.6. The summed E-state index contributed by atoms with van der Waals surface area (Å²) in [5.74, 6) is 1.74. The molecule has 2 saturated carbocycles. The molecule has 3 heteroatoms. The van der Waals surface area contributed by atoms with E-state index in [1.807, 2.05) is 0 Å². The zero-order valence-corrected chi connectivity index (χ0v) is 13.4. The van der Waals surface area contributed by atoms with E-state index in [1.54, 1.807) is 0 Å². The first kappa shape index (κ1) is 15.7. The Balaban J connectivity index is 1.64. The van der Waals surface area contributed by atoms with E-state index in [4.69, 9.17) is 4.74 Å². The maximum atomic E-state index is 11.8. The Morgan fingerprint density at radius 3 is 2.30 bits per heavy atom. The lowest BCUT2D eigenvalue weighted by Gasteiger charge is -2.33. The smallest absolute Gasteiger partial charge is 0.407 e. The first-order valence-electron chi connectivity index (χ1n) is 8.49. The standard InChI is InChI=1S/C17H31NO2/c1-4-13(5-2)14-6-8-15(9-7-14)18-16(19)20-12-17(3)10-11-17/h13-15H,4-12H2,1-3H3,(H,18,19)/t14-,15-. The SMILES string of the molecule is CCC(CC)[C@H]1CC[C@H](NC(=O)OCC2(C)CC2)CC1. The molecule has 20 heavy (non-hydrogen) atoms. The summed E-state index contributed by atoms with van der Waals surface area (Å²) < 4.78 is 5.34. The summed E-state index contributed by atoms with van der Waals surface area (Å²) in [7, 11) is 0. The van der Waals surface area contributed by atoms with Gasteiger partial charge in [-0.05, 0) is 50.4 Å². The highest BCUT2D eigenvalue weighted by Gasteiger charge is 2.38. The van der Waals surface area contributed by atoms with Crippen LogP contribution in [0.25, 0.3) is 0 Å². The minimum absolute atomic E-state index is 0.205. The van der Waals surface area contributed by atoms with Crippen molar-refractivity contribution in [3.8, 4) is 0 Å². The Hall–Kier alpha value is -0.730. The summed E-state index contributed by atoms with van der Waals surface area (Å²) in [4.78, 5) is 11.8. The van der Waals surface area contributed by atoms with Gasteiger partial charge in [0.05, 0.1) is 6.61 Å². The second-order valence-electron chi connectivity index (χ2n) is 7.22. The lowest BCUT2D eigenvalue weighted by Crippen LogP contribution is -2.39. The molecule has 1 amide bonds. The van der Waals surface area contributed by atoms with Crippen LogP contribution in [0.4, 0.5) is 4.79 Å². The monoisotopic (exact) mass is 281 g/mol. The molecule has 2 fully saturated rings. The highest BCUT2D eigenvalue weighted by atomic mass is 16.5. The van der Waals surface area contributed by atoms with Gasteiger partial charge >= 0.3 is 6.09 Å². The topological polar surface area (TPSA) is 38.3 Å². The van der Waals surface area contributed by atoms with Crippen LogP contribution >= 0.6 is 0 Å². The molecule has 0 aromatic heterocycles. The van der Waals surface area contributed by atoms with Gasteiger partial charge in [0, 0.05) is 11.5 Å². The number of hydrogen-bond donors (Lipinski definition) is 1. The van der Waals surface area contributed by atoms with Crippen LogP contribution in [-0.4, -0.2) is 18.7 Å². The zero-order valence-electron chi connectivity index (χ0n) is 13.4. The quantitative estimate of drug-likeness (QED) is 0.778. The summed E-state index contributed by atoms with van der Waals surface area (Å²) >= 11 is 0. The Morgan fingerprint density at radius 1 is 1.20 bits per heavy atom. The van der Waals surface area contributed by atoms with E-state index in [0.717, 1.165) is 24.7 Å². The summed E-state index contributed by atoms with van der Waals surface area (Å²) in [5, 5.41) is 3.05. The predicted molar refractivity (Wildman–Crippen MR) is 81.6 cm³/mol. The van der Waals surface area contributed by atoms with Crippen molar-refractivity contribution in [3.63, 3.8) is 0 Å². The molecule has 2 aliphatic carbocycles. The molecular weight excluding hydrogens is 250 g/mol. The minimum atomic E-state index is -0.205. The molecule has 0 saturated heterocycles. The van der Waals surface area contributed by atoms with Gasteiger partial charge < -0.3 is 10.1 Å². The van der Waals surface area contributed by atoms with E-state index in [0.29, 0.717) is 12.6 Å². The lowest BCUT2D eigenvalue weighted by molar-refractivity contribution is 0.115. The van der Waals surface area contributed by atoms with Crippen molar-refractivity contribution >= 4 is 6.09 Å². The van der Waals surface area contributed by atoms with Gasteiger partial charge in [0.1, 0.15) is 0 Å². The van der Waals surface area contributed by atoms with Crippen LogP contribution in [0.5, 0.6) is 0 Å². The maximum absolute atomic E-state index is 11.8. The molecule has 0 unspecified atom stereocenters. The van der Waals surface area contributed by atoms with Crippen LogP contribution in [0, 0.1) is 17.3 Å². The first-order chi connectivity index (χ1) is 9.56. The summed E-state index contributed by atoms with van der Waals surface area (Å²) in [6.45, 7) is 7.37. The Bertz CT molecular complexity index is 313. The second kappa shape index (κ2) is 6.82. The molecule has 0 aromatic rings. The number of ether oxygens (including phenoxy) is 1. The van der Waals surface area contributed by atoms with Gasteiger partial charge in [-0.3, -0.25) is 0 Å². The molecule has 0 atom stereocenters. The molecule has 0 spiro atoms. The van der Waals surface area contributed by atoms with E-state index >= 15 is 0 Å². The molecule has 0 bridgehead atoms. The number of amides is 1. The number of alkyl carbamates (subject to hydrolysis) is 1. The third-order valence-corrected chi connectivity index (χ3v) is 5.46. The van der Waals surface area contributed by atoms with Crippen LogP contribution in [-0.2, 0) is 4.74 Å². The molecule has 0 heterocycles. The van der Waals surface area contributed by atoms with Gasteiger partial charge in [0.2, 0.25) is 0 Å².